The van der Waals surface area contributed by atoms with Crippen LogP contribution in [-0.2, 0) is 17.3 Å². The Balaban J connectivity index is 1.65. The Kier molecular flexibility index (Phi) is 7.40. The van der Waals surface area contributed by atoms with Crippen molar-refractivity contribution in [1.82, 2.24) is 9.78 Å². The van der Waals surface area contributed by atoms with Crippen LogP contribution in [0.25, 0.3) is 5.69 Å². The van der Waals surface area contributed by atoms with E-state index in [-0.39, 0.29) is 55.0 Å². The van der Waals surface area contributed by atoms with Crippen molar-refractivity contribution >= 4 is 17.4 Å². The quantitative estimate of drug-likeness (QED) is 0.384. The van der Waals surface area contributed by atoms with Gasteiger partial charge in [-0.3, -0.25) is 9.59 Å². The number of nitrogens with zero attached hydrogens (tertiary/aromatic N) is 3. The van der Waals surface area contributed by atoms with Gasteiger partial charge in [0.1, 0.15) is 6.54 Å². The number of rotatable bonds is 8. The van der Waals surface area contributed by atoms with E-state index >= 15 is 0 Å². The van der Waals surface area contributed by atoms with Gasteiger partial charge >= 0.3 is 6.18 Å². The molecule has 0 aliphatic heterocycles. The van der Waals surface area contributed by atoms with Crippen molar-refractivity contribution in [3.05, 3.63) is 45.6 Å². The molecule has 0 atom stereocenters. The number of nitroso groups, excluding NO2 is 1. The van der Waals surface area contributed by atoms with Gasteiger partial charge in [0.05, 0.1) is 35.2 Å². The van der Waals surface area contributed by atoms with Crippen molar-refractivity contribution in [3.8, 4) is 5.69 Å². The molecule has 1 amide bonds. The van der Waals surface area contributed by atoms with E-state index in [1.165, 1.54) is 16.8 Å². The number of nitrogens with one attached hydrogen (secondary N) is 1. The van der Waals surface area contributed by atoms with Crippen LogP contribution in [0.1, 0.15) is 78.1 Å². The van der Waals surface area contributed by atoms with E-state index in [0.717, 1.165) is 25.7 Å². The molecule has 2 aliphatic rings. The lowest BCUT2D eigenvalue weighted by atomic mass is 9.75. The Morgan fingerprint density at radius 1 is 1.24 bits per heavy atom. The molecule has 0 spiro atoms. The third kappa shape index (κ3) is 5.84. The second-order valence-corrected chi connectivity index (χ2v) is 10.5. The molecule has 1 aromatic carbocycles. The zero-order chi connectivity index (χ0) is 27.0. The predicted molar refractivity (Wildman–Crippen MR) is 130 cm³/mol. The third-order valence-corrected chi connectivity index (χ3v) is 6.90. The first-order valence-corrected chi connectivity index (χ1v) is 12.2. The number of Topliss-reactive ketones (excluding diaryl/α,β-unsaturated/α-hetero) is 1. The molecule has 0 unspecified atom stereocenters. The second kappa shape index (κ2) is 10.2. The Morgan fingerprint density at radius 3 is 2.57 bits per heavy atom. The van der Waals surface area contributed by atoms with Gasteiger partial charge in [-0.25, -0.2) is 4.68 Å². The number of anilines is 1. The van der Waals surface area contributed by atoms with Crippen LogP contribution in [0.5, 0.6) is 0 Å². The number of hydrogen-bond donors (Lipinski definition) is 2. The topological polar surface area (TPSA) is 129 Å². The van der Waals surface area contributed by atoms with Crippen LogP contribution in [0.3, 0.4) is 0 Å². The van der Waals surface area contributed by atoms with Crippen LogP contribution in [0.2, 0.25) is 0 Å². The van der Waals surface area contributed by atoms with Gasteiger partial charge in [0.2, 0.25) is 0 Å². The number of halogens is 3. The average Bonchev–Trinajstić information content (AvgIpc) is 3.19. The number of hydrogen-bond acceptors (Lipinski definition) is 7. The first-order valence-electron chi connectivity index (χ1n) is 12.2. The summed E-state index contributed by atoms with van der Waals surface area (Å²) >= 11 is 0. The molecular formula is C25H30F3N5O4. The highest BCUT2D eigenvalue weighted by molar-refractivity contribution is 6.00. The summed E-state index contributed by atoms with van der Waals surface area (Å²) in [5, 5.41) is 9.94. The molecule has 1 heterocycles. The first-order chi connectivity index (χ1) is 17.4. The minimum absolute atomic E-state index is 0.000236. The summed E-state index contributed by atoms with van der Waals surface area (Å²) < 4.78 is 48.3. The number of carbonyl (C=O) groups excluding carboxylic acids is 2. The Bertz CT molecular complexity index is 1200. The first kappa shape index (κ1) is 26.8. The highest BCUT2D eigenvalue weighted by atomic mass is 19.4. The zero-order valence-corrected chi connectivity index (χ0v) is 20.7. The lowest BCUT2D eigenvalue weighted by Crippen LogP contribution is -2.31. The molecule has 4 rings (SSSR count). The molecule has 200 valence electrons. The van der Waals surface area contributed by atoms with E-state index < -0.39 is 29.0 Å². The molecule has 1 saturated carbocycles. The molecule has 3 N–H and O–H groups in total. The van der Waals surface area contributed by atoms with Crippen LogP contribution < -0.4 is 11.1 Å². The van der Waals surface area contributed by atoms with Gasteiger partial charge in [-0.1, -0.05) is 19.0 Å². The number of aromatic nitrogens is 2. The van der Waals surface area contributed by atoms with E-state index in [9.17, 15) is 27.7 Å². The number of primary amides is 1. The zero-order valence-electron chi connectivity index (χ0n) is 20.7. The van der Waals surface area contributed by atoms with Crippen molar-refractivity contribution in [2.45, 2.75) is 70.7 Å². The number of alkyl halides is 3. The van der Waals surface area contributed by atoms with Gasteiger partial charge in [0.15, 0.2) is 11.5 Å². The SMILES string of the molecule is CC1(C)CC(=O)c2c(C(F)(F)F)nn(-c3ccc(C(N)=O)c(NC4CCC(OCCN=O)CC4)c3)c2C1. The van der Waals surface area contributed by atoms with E-state index in [1.54, 1.807) is 6.07 Å². The third-order valence-electron chi connectivity index (χ3n) is 6.90. The number of amides is 1. The molecule has 0 radical (unpaired) electrons. The Labute approximate surface area is 211 Å². The molecule has 37 heavy (non-hydrogen) atoms. The van der Waals surface area contributed by atoms with Crippen LogP contribution >= 0.6 is 0 Å². The Hall–Kier alpha value is -3.28. The van der Waals surface area contributed by atoms with Crippen molar-refractivity contribution in [2.75, 3.05) is 18.5 Å². The summed E-state index contributed by atoms with van der Waals surface area (Å²) in [5.41, 5.74) is 4.55. The maximum Gasteiger partial charge on any atom is 0.435 e. The maximum atomic E-state index is 13.8. The number of ether oxygens (including phenoxy) is 1. The fourth-order valence-electron chi connectivity index (χ4n) is 5.21. The minimum atomic E-state index is -4.79. The number of fused-ring (bicyclic) bond motifs is 1. The molecular weight excluding hydrogens is 491 g/mol. The van der Waals surface area contributed by atoms with E-state index in [0.29, 0.717) is 11.4 Å². The van der Waals surface area contributed by atoms with Crippen LogP contribution in [0, 0.1) is 10.3 Å². The standard InChI is InChI=1S/C25H30F3N5O4/c1-24(2)12-19-21(20(34)13-24)22(25(26,27)28)32-33(19)15-5-8-17(23(29)35)18(11-15)31-14-3-6-16(7-4-14)37-10-9-30-36/h5,8,11,14,16,31H,3-4,6-7,9-10,12-13H2,1-2H3,(H2,29,35). The number of benzene rings is 1. The minimum Gasteiger partial charge on any atom is -0.382 e. The summed E-state index contributed by atoms with van der Waals surface area (Å²) in [4.78, 5) is 35.1. The van der Waals surface area contributed by atoms with Gasteiger partial charge in [0, 0.05) is 18.2 Å². The van der Waals surface area contributed by atoms with Gasteiger partial charge in [-0.2, -0.15) is 23.2 Å². The second-order valence-electron chi connectivity index (χ2n) is 10.5. The molecule has 12 heteroatoms. The van der Waals surface area contributed by atoms with Crippen LogP contribution in [0.4, 0.5) is 18.9 Å². The highest BCUT2D eigenvalue weighted by Crippen LogP contribution is 2.42. The van der Waals surface area contributed by atoms with Crippen molar-refractivity contribution in [3.63, 3.8) is 0 Å². The summed E-state index contributed by atoms with van der Waals surface area (Å²) in [6.07, 6.45) is -1.62. The number of ketones is 1. The number of nitrogens with two attached hydrogens (primary N) is 1. The summed E-state index contributed by atoms with van der Waals surface area (Å²) in [6.45, 7) is 4.03. The van der Waals surface area contributed by atoms with Crippen molar-refractivity contribution in [2.24, 2.45) is 16.3 Å². The molecule has 2 aromatic rings. The fourth-order valence-corrected chi connectivity index (χ4v) is 5.21. The number of carbonyl (C=O) groups is 2. The molecule has 0 bridgehead atoms. The predicted octanol–water partition coefficient (Wildman–Crippen LogP) is 4.65. The van der Waals surface area contributed by atoms with E-state index in [1.807, 2.05) is 13.8 Å². The lowest BCUT2D eigenvalue weighted by Gasteiger charge is -2.30. The fraction of sp³-hybridized carbons (Fsp3) is 0.560. The molecule has 0 saturated heterocycles. The average molecular weight is 522 g/mol. The summed E-state index contributed by atoms with van der Waals surface area (Å²) in [5.74, 6) is -1.26. The molecule has 1 fully saturated rings. The summed E-state index contributed by atoms with van der Waals surface area (Å²) in [6, 6.07) is 4.47. The molecule has 9 nitrogen and oxygen atoms in total. The largest absolute Gasteiger partial charge is 0.435 e. The molecule has 1 aromatic heterocycles. The van der Waals surface area contributed by atoms with Gasteiger partial charge in [0.25, 0.3) is 5.91 Å². The smallest absolute Gasteiger partial charge is 0.382 e. The highest BCUT2D eigenvalue weighted by Gasteiger charge is 2.45. The molecule has 2 aliphatic carbocycles. The van der Waals surface area contributed by atoms with Crippen LogP contribution in [-0.4, -0.2) is 46.8 Å². The summed E-state index contributed by atoms with van der Waals surface area (Å²) in [7, 11) is 0. The van der Waals surface area contributed by atoms with E-state index in [4.69, 9.17) is 10.5 Å². The monoisotopic (exact) mass is 521 g/mol. The Morgan fingerprint density at radius 2 is 1.95 bits per heavy atom. The maximum absolute atomic E-state index is 13.8. The normalized spacial score (nSPS) is 21.4. The van der Waals surface area contributed by atoms with Gasteiger partial charge in [-0.05, 0) is 55.7 Å². The van der Waals surface area contributed by atoms with Gasteiger partial charge < -0.3 is 15.8 Å². The van der Waals surface area contributed by atoms with Crippen LogP contribution in [0.15, 0.2) is 23.4 Å². The van der Waals surface area contributed by atoms with Crippen molar-refractivity contribution < 1.29 is 27.5 Å². The van der Waals surface area contributed by atoms with Crippen molar-refractivity contribution in [1.29, 1.82) is 0 Å². The van der Waals surface area contributed by atoms with Gasteiger partial charge in [-0.15, -0.1) is 0 Å². The van der Waals surface area contributed by atoms with E-state index in [2.05, 4.69) is 15.6 Å². The lowest BCUT2D eigenvalue weighted by molar-refractivity contribution is -0.141.